The molecule has 0 N–H and O–H groups in total. The van der Waals surface area contributed by atoms with Crippen molar-refractivity contribution < 1.29 is 0 Å². The summed E-state index contributed by atoms with van der Waals surface area (Å²) in [6, 6.07) is 42.1. The van der Waals surface area contributed by atoms with Crippen LogP contribution in [0, 0.1) is 5.41 Å². The lowest BCUT2D eigenvalue weighted by atomic mass is 9.82. The van der Waals surface area contributed by atoms with E-state index in [0.717, 1.165) is 29.0 Å². The number of imidazole rings is 1. The van der Waals surface area contributed by atoms with Gasteiger partial charge in [0.1, 0.15) is 5.82 Å². The van der Waals surface area contributed by atoms with Crippen molar-refractivity contribution in [1.29, 1.82) is 0 Å². The Morgan fingerprint density at radius 2 is 1.24 bits per heavy atom. The molecule has 0 spiro atoms. The van der Waals surface area contributed by atoms with Crippen molar-refractivity contribution in [2.24, 2.45) is 5.41 Å². The predicted molar refractivity (Wildman–Crippen MR) is 195 cm³/mol. The minimum absolute atomic E-state index is 0.0293. The molecule has 0 unspecified atom stereocenters. The molecule has 2 heterocycles. The van der Waals surface area contributed by atoms with Gasteiger partial charge in [-0.3, -0.25) is 4.57 Å². The van der Waals surface area contributed by atoms with Crippen LogP contribution in [-0.2, 0) is 11.8 Å². The van der Waals surface area contributed by atoms with Gasteiger partial charge in [-0.15, -0.1) is 11.3 Å². The molecule has 3 heteroatoms. The second kappa shape index (κ2) is 11.2. The fraction of sp³-hybridized carbons (Fsp3) is 0.214. The molecular weight excluding hydrogens is 565 g/mol. The van der Waals surface area contributed by atoms with Gasteiger partial charge >= 0.3 is 0 Å². The van der Waals surface area contributed by atoms with Gasteiger partial charge < -0.3 is 0 Å². The van der Waals surface area contributed by atoms with Gasteiger partial charge in [0, 0.05) is 32.2 Å². The standard InChI is InChI=1S/C42H40N2S/c1-41(2,3)26-28-21-22-38-34(23-28)35(27-45-38)40-43-36-19-13-14-20-37(36)44(40)39-32(29-15-9-7-10-16-29)24-31(42(4,5)6)25-33(39)30-17-11-8-12-18-30/h7-25,27H,26H2,1-6H3. The first-order valence-corrected chi connectivity index (χ1v) is 16.7. The third kappa shape index (κ3) is 5.62. The van der Waals surface area contributed by atoms with Crippen molar-refractivity contribution in [2.45, 2.75) is 53.4 Å². The quantitative estimate of drug-likeness (QED) is 0.191. The van der Waals surface area contributed by atoms with Crippen LogP contribution in [0.2, 0.25) is 0 Å². The average Bonchev–Trinajstić information content (AvgIpc) is 3.61. The van der Waals surface area contributed by atoms with Gasteiger partial charge in [0.05, 0.1) is 16.7 Å². The van der Waals surface area contributed by atoms with E-state index in [1.807, 2.05) is 0 Å². The first kappa shape index (κ1) is 29.3. The van der Waals surface area contributed by atoms with Gasteiger partial charge in [-0.2, -0.15) is 0 Å². The molecule has 0 aliphatic rings. The second-order valence-corrected chi connectivity index (χ2v) is 15.3. The van der Waals surface area contributed by atoms with Crippen molar-refractivity contribution in [3.8, 4) is 39.3 Å². The zero-order valence-corrected chi connectivity index (χ0v) is 27.9. The summed E-state index contributed by atoms with van der Waals surface area (Å²) < 4.78 is 3.72. The van der Waals surface area contributed by atoms with Gasteiger partial charge in [-0.25, -0.2) is 4.98 Å². The highest BCUT2D eigenvalue weighted by molar-refractivity contribution is 7.17. The van der Waals surface area contributed by atoms with Crippen LogP contribution in [0.5, 0.6) is 0 Å². The molecule has 2 nitrogen and oxygen atoms in total. The van der Waals surface area contributed by atoms with Crippen molar-refractivity contribution in [3.05, 3.63) is 132 Å². The number of hydrogen-bond acceptors (Lipinski definition) is 2. The number of aromatic nitrogens is 2. The molecule has 7 aromatic rings. The van der Waals surface area contributed by atoms with Gasteiger partial charge in [0.25, 0.3) is 0 Å². The van der Waals surface area contributed by atoms with Crippen LogP contribution >= 0.6 is 11.3 Å². The summed E-state index contributed by atoms with van der Waals surface area (Å²) in [6.07, 6.45) is 1.03. The molecule has 2 aromatic heterocycles. The molecular formula is C42H40N2S. The summed E-state index contributed by atoms with van der Waals surface area (Å²) in [5.41, 5.74) is 12.1. The summed E-state index contributed by atoms with van der Waals surface area (Å²) in [4.78, 5) is 5.40. The summed E-state index contributed by atoms with van der Waals surface area (Å²) in [6.45, 7) is 13.8. The number of para-hydroxylation sites is 2. The predicted octanol–water partition coefficient (Wildman–Crippen LogP) is 12.1. The Bertz CT molecular complexity index is 2070. The molecule has 0 saturated heterocycles. The second-order valence-electron chi connectivity index (χ2n) is 14.4. The van der Waals surface area contributed by atoms with Crippen molar-refractivity contribution >= 4 is 32.5 Å². The minimum atomic E-state index is -0.0293. The van der Waals surface area contributed by atoms with Crippen LogP contribution in [0.3, 0.4) is 0 Å². The Morgan fingerprint density at radius 3 is 1.84 bits per heavy atom. The monoisotopic (exact) mass is 604 g/mol. The molecule has 0 fully saturated rings. The fourth-order valence-electron chi connectivity index (χ4n) is 6.39. The average molecular weight is 605 g/mol. The number of thiophene rings is 1. The van der Waals surface area contributed by atoms with Crippen LogP contribution in [0.4, 0.5) is 0 Å². The maximum Gasteiger partial charge on any atom is 0.147 e. The normalized spacial score (nSPS) is 12.3. The van der Waals surface area contributed by atoms with Crippen LogP contribution in [0.25, 0.3) is 60.4 Å². The summed E-state index contributed by atoms with van der Waals surface area (Å²) in [7, 11) is 0. The third-order valence-corrected chi connectivity index (χ3v) is 9.51. The van der Waals surface area contributed by atoms with E-state index in [4.69, 9.17) is 4.98 Å². The summed E-state index contributed by atoms with van der Waals surface area (Å²) >= 11 is 1.80. The minimum Gasteiger partial charge on any atom is -0.291 e. The van der Waals surface area contributed by atoms with E-state index in [1.54, 1.807) is 11.3 Å². The summed E-state index contributed by atoms with van der Waals surface area (Å²) in [5.74, 6) is 0.980. The molecule has 45 heavy (non-hydrogen) atoms. The van der Waals surface area contributed by atoms with Crippen LogP contribution in [-0.4, -0.2) is 9.55 Å². The molecule has 0 aliphatic carbocycles. The Kier molecular flexibility index (Phi) is 7.25. The zero-order chi connectivity index (χ0) is 31.3. The number of benzene rings is 5. The van der Waals surface area contributed by atoms with Crippen molar-refractivity contribution in [3.63, 3.8) is 0 Å². The van der Waals surface area contributed by atoms with E-state index in [0.29, 0.717) is 0 Å². The van der Waals surface area contributed by atoms with E-state index in [2.05, 4.69) is 167 Å². The number of rotatable bonds is 5. The van der Waals surface area contributed by atoms with Crippen LogP contribution in [0.15, 0.2) is 121 Å². The molecule has 0 atom stereocenters. The molecule has 5 aromatic carbocycles. The van der Waals surface area contributed by atoms with Crippen LogP contribution < -0.4 is 0 Å². The molecule has 0 bridgehead atoms. The molecule has 0 amide bonds. The Hall–Kier alpha value is -4.47. The highest BCUT2D eigenvalue weighted by atomic mass is 32.1. The lowest BCUT2D eigenvalue weighted by Gasteiger charge is -2.26. The zero-order valence-electron chi connectivity index (χ0n) is 27.1. The first-order valence-electron chi connectivity index (χ1n) is 15.8. The molecule has 0 aliphatic heterocycles. The van der Waals surface area contributed by atoms with Crippen LogP contribution in [0.1, 0.15) is 52.7 Å². The third-order valence-electron chi connectivity index (χ3n) is 8.54. The summed E-state index contributed by atoms with van der Waals surface area (Å²) in [5, 5.41) is 3.57. The molecule has 0 saturated carbocycles. The maximum atomic E-state index is 5.40. The number of hydrogen-bond donors (Lipinski definition) is 0. The SMILES string of the molecule is CC(C)(C)Cc1ccc2scc(-c3nc4ccccc4n3-c3c(-c4ccccc4)cc(C(C)(C)C)cc3-c3ccccc3)c2c1. The van der Waals surface area contributed by atoms with E-state index < -0.39 is 0 Å². The highest BCUT2D eigenvalue weighted by Gasteiger charge is 2.26. The molecule has 7 rings (SSSR count). The largest absolute Gasteiger partial charge is 0.291 e. The first-order chi connectivity index (χ1) is 21.6. The highest BCUT2D eigenvalue weighted by Crippen LogP contribution is 2.45. The molecule has 224 valence electrons. The lowest BCUT2D eigenvalue weighted by molar-refractivity contribution is 0.411. The maximum absolute atomic E-state index is 5.40. The van der Waals surface area contributed by atoms with E-state index in [9.17, 15) is 0 Å². The van der Waals surface area contributed by atoms with E-state index in [-0.39, 0.29) is 10.8 Å². The van der Waals surface area contributed by atoms with Crippen molar-refractivity contribution in [2.75, 3.05) is 0 Å². The van der Waals surface area contributed by atoms with Gasteiger partial charge in [-0.1, -0.05) is 120 Å². The lowest BCUT2D eigenvalue weighted by Crippen LogP contribution is -2.13. The van der Waals surface area contributed by atoms with Gasteiger partial charge in [0.2, 0.25) is 0 Å². The fourth-order valence-corrected chi connectivity index (χ4v) is 7.31. The van der Waals surface area contributed by atoms with Gasteiger partial charge in [-0.05, 0) is 75.9 Å². The van der Waals surface area contributed by atoms with E-state index >= 15 is 0 Å². The number of fused-ring (bicyclic) bond motifs is 2. The van der Waals surface area contributed by atoms with E-state index in [1.165, 1.54) is 49.0 Å². The smallest absolute Gasteiger partial charge is 0.147 e. The van der Waals surface area contributed by atoms with Gasteiger partial charge in [0.15, 0.2) is 0 Å². The topological polar surface area (TPSA) is 17.8 Å². The molecule has 0 radical (unpaired) electrons. The number of nitrogens with zero attached hydrogens (tertiary/aromatic N) is 2. The Balaban J connectivity index is 1.61. The Morgan fingerprint density at radius 1 is 0.644 bits per heavy atom. The van der Waals surface area contributed by atoms with Crippen molar-refractivity contribution in [1.82, 2.24) is 9.55 Å². The Labute approximate surface area is 271 Å².